The Kier molecular flexibility index (Phi) is 4.26. The summed E-state index contributed by atoms with van der Waals surface area (Å²) < 4.78 is 6.22. The summed E-state index contributed by atoms with van der Waals surface area (Å²) >= 11 is 0. The molecule has 0 unspecified atom stereocenters. The molecular formula is C9H13N3O2. The first-order valence-corrected chi connectivity index (χ1v) is 4.28. The minimum atomic E-state index is -0.364. The van der Waals surface area contributed by atoms with Crippen molar-refractivity contribution in [1.29, 1.82) is 0 Å². The van der Waals surface area contributed by atoms with Crippen molar-refractivity contribution in [2.75, 3.05) is 13.7 Å². The minimum Gasteiger partial charge on any atom is -0.466 e. The molecule has 5 nitrogen and oxygen atoms in total. The van der Waals surface area contributed by atoms with Crippen LogP contribution in [0.15, 0.2) is 30.7 Å². The number of hydrogen-bond donors (Lipinski definition) is 1. The van der Waals surface area contributed by atoms with Crippen LogP contribution in [-0.4, -0.2) is 29.4 Å². The van der Waals surface area contributed by atoms with E-state index in [2.05, 4.69) is 15.2 Å². The van der Waals surface area contributed by atoms with Crippen molar-refractivity contribution in [1.82, 2.24) is 15.1 Å². The molecule has 1 N–H and O–H groups in total. The van der Waals surface area contributed by atoms with Crippen LogP contribution in [0.2, 0.25) is 0 Å². The second-order valence-corrected chi connectivity index (χ2v) is 2.58. The number of methoxy groups -OCH3 is 1. The van der Waals surface area contributed by atoms with Crippen LogP contribution in [0.4, 0.5) is 0 Å². The number of carbonyl (C=O) groups excluding carboxylic acids is 1. The quantitative estimate of drug-likeness (QED) is 0.413. The maximum absolute atomic E-state index is 10.6. The third-order valence-electron chi connectivity index (χ3n) is 1.58. The van der Waals surface area contributed by atoms with Gasteiger partial charge in [-0.3, -0.25) is 4.68 Å². The Morgan fingerprint density at radius 2 is 2.57 bits per heavy atom. The fourth-order valence-corrected chi connectivity index (χ4v) is 0.890. The van der Waals surface area contributed by atoms with Gasteiger partial charge >= 0.3 is 5.97 Å². The van der Waals surface area contributed by atoms with Crippen LogP contribution in [0, 0.1) is 0 Å². The van der Waals surface area contributed by atoms with Crippen molar-refractivity contribution >= 4 is 5.97 Å². The topological polar surface area (TPSA) is 56.1 Å². The molecule has 1 aromatic rings. The highest BCUT2D eigenvalue weighted by atomic mass is 16.5. The van der Waals surface area contributed by atoms with Gasteiger partial charge in [0.25, 0.3) is 0 Å². The van der Waals surface area contributed by atoms with Gasteiger partial charge in [-0.15, -0.1) is 0 Å². The molecular weight excluding hydrogens is 182 g/mol. The lowest BCUT2D eigenvalue weighted by molar-refractivity contribution is -0.134. The van der Waals surface area contributed by atoms with E-state index in [0.717, 1.165) is 13.1 Å². The van der Waals surface area contributed by atoms with E-state index in [-0.39, 0.29) is 5.97 Å². The average molecular weight is 195 g/mol. The fourth-order valence-electron chi connectivity index (χ4n) is 0.890. The molecule has 0 spiro atoms. The number of carbonyl (C=O) groups is 1. The first-order chi connectivity index (χ1) is 6.83. The lowest BCUT2D eigenvalue weighted by Gasteiger charge is -2.00. The van der Waals surface area contributed by atoms with Gasteiger partial charge in [0.05, 0.1) is 13.7 Å². The number of nitrogens with zero attached hydrogens (tertiary/aromatic N) is 2. The summed E-state index contributed by atoms with van der Waals surface area (Å²) in [5, 5.41) is 6.97. The number of hydrogen-bond acceptors (Lipinski definition) is 4. The summed E-state index contributed by atoms with van der Waals surface area (Å²) in [6, 6.07) is 1.87. The Bertz CT molecular complexity index is 293. The number of nitrogens with one attached hydrogen (secondary N) is 1. The number of esters is 1. The number of ether oxygens (including phenoxy) is 1. The van der Waals surface area contributed by atoms with Gasteiger partial charge in [-0.1, -0.05) is 0 Å². The Balaban J connectivity index is 2.10. The van der Waals surface area contributed by atoms with Crippen LogP contribution in [-0.2, 0) is 16.1 Å². The lowest BCUT2D eigenvalue weighted by atomic mass is 10.5. The Hall–Kier alpha value is -1.78. The molecule has 1 rings (SSSR count). The maximum Gasteiger partial charge on any atom is 0.331 e. The monoisotopic (exact) mass is 195 g/mol. The van der Waals surface area contributed by atoms with E-state index in [1.807, 2.05) is 12.3 Å². The van der Waals surface area contributed by atoms with Crippen LogP contribution < -0.4 is 5.32 Å². The van der Waals surface area contributed by atoms with Gasteiger partial charge in [0.2, 0.25) is 0 Å². The Morgan fingerprint density at radius 3 is 3.21 bits per heavy atom. The molecule has 5 heteroatoms. The highest BCUT2D eigenvalue weighted by molar-refractivity contribution is 5.81. The smallest absolute Gasteiger partial charge is 0.331 e. The molecule has 0 saturated heterocycles. The van der Waals surface area contributed by atoms with Gasteiger partial charge in [0.15, 0.2) is 0 Å². The van der Waals surface area contributed by atoms with E-state index in [9.17, 15) is 4.79 Å². The van der Waals surface area contributed by atoms with Crippen molar-refractivity contribution in [2.45, 2.75) is 6.54 Å². The van der Waals surface area contributed by atoms with Crippen LogP contribution in [0.25, 0.3) is 0 Å². The van der Waals surface area contributed by atoms with Crippen LogP contribution in [0.3, 0.4) is 0 Å². The van der Waals surface area contributed by atoms with Crippen LogP contribution in [0.5, 0.6) is 0 Å². The third kappa shape index (κ3) is 3.75. The molecule has 0 amide bonds. The number of aromatic nitrogens is 2. The normalized spacial score (nSPS) is 10.4. The summed E-state index contributed by atoms with van der Waals surface area (Å²) in [5.41, 5.74) is 0. The molecule has 0 fully saturated rings. The molecule has 0 aromatic carbocycles. The second kappa shape index (κ2) is 5.80. The number of rotatable bonds is 5. The van der Waals surface area contributed by atoms with Crippen molar-refractivity contribution < 1.29 is 9.53 Å². The van der Waals surface area contributed by atoms with Gasteiger partial charge in [0.1, 0.15) is 0 Å². The molecule has 0 aliphatic carbocycles. The summed E-state index contributed by atoms with van der Waals surface area (Å²) in [6.45, 7) is 1.48. The van der Waals surface area contributed by atoms with Crippen molar-refractivity contribution in [3.63, 3.8) is 0 Å². The average Bonchev–Trinajstić information content (AvgIpc) is 2.69. The zero-order valence-corrected chi connectivity index (χ0v) is 8.01. The highest BCUT2D eigenvalue weighted by Crippen LogP contribution is 1.82. The first-order valence-electron chi connectivity index (χ1n) is 4.28. The summed E-state index contributed by atoms with van der Waals surface area (Å²) in [5.74, 6) is -0.364. The molecule has 0 saturated carbocycles. The zero-order chi connectivity index (χ0) is 10.2. The highest BCUT2D eigenvalue weighted by Gasteiger charge is 1.90. The Labute approximate surface area is 82.4 Å². The second-order valence-electron chi connectivity index (χ2n) is 2.58. The predicted octanol–water partition coefficient (Wildman–Crippen LogP) is 0.159. The molecule has 0 bridgehead atoms. The molecule has 14 heavy (non-hydrogen) atoms. The lowest BCUT2D eigenvalue weighted by Crippen LogP contribution is -2.15. The maximum atomic E-state index is 10.6. The van der Waals surface area contributed by atoms with Crippen molar-refractivity contribution in [2.24, 2.45) is 0 Å². The van der Waals surface area contributed by atoms with E-state index < -0.39 is 0 Å². The van der Waals surface area contributed by atoms with Gasteiger partial charge in [-0.05, 0) is 6.07 Å². The fraction of sp³-hybridized carbons (Fsp3) is 0.333. The van der Waals surface area contributed by atoms with E-state index >= 15 is 0 Å². The van der Waals surface area contributed by atoms with Crippen molar-refractivity contribution in [3.8, 4) is 0 Å². The molecule has 76 valence electrons. The molecule has 0 aliphatic rings. The first kappa shape index (κ1) is 10.3. The largest absolute Gasteiger partial charge is 0.466 e. The van der Waals surface area contributed by atoms with Crippen LogP contribution >= 0.6 is 0 Å². The zero-order valence-electron chi connectivity index (χ0n) is 8.01. The summed E-state index contributed by atoms with van der Waals surface area (Å²) in [7, 11) is 1.34. The van der Waals surface area contributed by atoms with Gasteiger partial charge in [-0.25, -0.2) is 4.79 Å². The SMILES string of the molecule is COC(=O)/C=C/NCCn1cccn1. The molecule has 0 radical (unpaired) electrons. The van der Waals surface area contributed by atoms with Crippen molar-refractivity contribution in [3.05, 3.63) is 30.7 Å². The summed E-state index contributed by atoms with van der Waals surface area (Å²) in [6.07, 6.45) is 6.51. The van der Waals surface area contributed by atoms with E-state index in [1.165, 1.54) is 13.2 Å². The standard InChI is InChI=1S/C9H13N3O2/c1-14-9(13)3-5-10-6-8-12-7-2-4-11-12/h2-5,7,10H,6,8H2,1H3/b5-3+. The minimum absolute atomic E-state index is 0.364. The Morgan fingerprint density at radius 1 is 1.71 bits per heavy atom. The summed E-state index contributed by atoms with van der Waals surface area (Å²) in [4.78, 5) is 10.6. The molecule has 1 heterocycles. The van der Waals surface area contributed by atoms with E-state index in [1.54, 1.807) is 17.1 Å². The molecule has 1 aromatic heterocycles. The van der Waals surface area contributed by atoms with E-state index in [0.29, 0.717) is 0 Å². The molecule has 0 aliphatic heterocycles. The van der Waals surface area contributed by atoms with Gasteiger partial charge < -0.3 is 10.1 Å². The van der Waals surface area contributed by atoms with Gasteiger partial charge in [-0.2, -0.15) is 5.10 Å². The van der Waals surface area contributed by atoms with Gasteiger partial charge in [0, 0.05) is 31.2 Å². The third-order valence-corrected chi connectivity index (χ3v) is 1.58. The van der Waals surface area contributed by atoms with Crippen LogP contribution in [0.1, 0.15) is 0 Å². The van der Waals surface area contributed by atoms with E-state index in [4.69, 9.17) is 0 Å². The predicted molar refractivity (Wildman–Crippen MR) is 51.4 cm³/mol. The molecule has 0 atom stereocenters.